The predicted molar refractivity (Wildman–Crippen MR) is 76.1 cm³/mol. The molecule has 1 N–H and O–H groups in total. The third-order valence-electron chi connectivity index (χ3n) is 3.39. The highest BCUT2D eigenvalue weighted by Crippen LogP contribution is 2.23. The molecular formula is C13H16ClN3O3. The van der Waals surface area contributed by atoms with Gasteiger partial charge in [-0.1, -0.05) is 11.6 Å². The fourth-order valence-corrected chi connectivity index (χ4v) is 2.52. The molecule has 1 aromatic rings. The molecule has 1 fully saturated rings. The Hall–Kier alpha value is -1.66. The molecule has 0 radical (unpaired) electrons. The Balaban J connectivity index is 2.14. The van der Waals surface area contributed by atoms with Gasteiger partial charge in [0.15, 0.2) is 0 Å². The predicted octanol–water partition coefficient (Wildman–Crippen LogP) is 2.07. The van der Waals surface area contributed by atoms with Gasteiger partial charge in [0.1, 0.15) is 0 Å². The molecule has 6 nitrogen and oxygen atoms in total. The number of nitro benzene ring substituents is 1. The molecule has 1 aliphatic heterocycles. The molecule has 1 heterocycles. The number of nitro groups is 1. The summed E-state index contributed by atoms with van der Waals surface area (Å²) in [5, 5.41) is 14.3. The average Bonchev–Trinajstić information content (AvgIpc) is 2.91. The molecule has 1 unspecified atom stereocenters. The van der Waals surface area contributed by atoms with Gasteiger partial charge in [0.05, 0.1) is 15.5 Å². The lowest BCUT2D eigenvalue weighted by atomic mass is 10.1. The normalized spacial score (nSPS) is 18.0. The summed E-state index contributed by atoms with van der Waals surface area (Å²) < 4.78 is 0. The van der Waals surface area contributed by atoms with Crippen LogP contribution < -0.4 is 5.32 Å². The summed E-state index contributed by atoms with van der Waals surface area (Å²) >= 11 is 5.97. The highest BCUT2D eigenvalue weighted by atomic mass is 35.5. The van der Waals surface area contributed by atoms with Crippen molar-refractivity contribution in [1.29, 1.82) is 0 Å². The van der Waals surface area contributed by atoms with Gasteiger partial charge in [-0.15, -0.1) is 0 Å². The van der Waals surface area contributed by atoms with Gasteiger partial charge in [-0.05, 0) is 25.5 Å². The summed E-state index contributed by atoms with van der Waals surface area (Å²) in [6, 6.07) is 4.18. The Bertz CT molecular complexity index is 530. The molecule has 1 saturated heterocycles. The lowest BCUT2D eigenvalue weighted by Gasteiger charge is -2.21. The zero-order valence-electron chi connectivity index (χ0n) is 11.1. The van der Waals surface area contributed by atoms with Crippen LogP contribution in [0.3, 0.4) is 0 Å². The number of likely N-dealkylation sites (N-methyl/N-ethyl adjacent to an activating group) is 1. The van der Waals surface area contributed by atoms with Crippen molar-refractivity contribution in [2.45, 2.75) is 18.9 Å². The first kappa shape index (κ1) is 14.7. The van der Waals surface area contributed by atoms with Gasteiger partial charge >= 0.3 is 0 Å². The maximum absolute atomic E-state index is 12.3. The van der Waals surface area contributed by atoms with Crippen molar-refractivity contribution in [2.75, 3.05) is 20.1 Å². The number of benzene rings is 1. The number of carbonyl (C=O) groups is 1. The van der Waals surface area contributed by atoms with Crippen LogP contribution in [-0.4, -0.2) is 41.9 Å². The van der Waals surface area contributed by atoms with Crippen molar-refractivity contribution in [1.82, 2.24) is 10.2 Å². The van der Waals surface area contributed by atoms with Gasteiger partial charge in [0.25, 0.3) is 11.6 Å². The van der Waals surface area contributed by atoms with Crippen molar-refractivity contribution >= 4 is 23.2 Å². The Morgan fingerprint density at radius 2 is 2.35 bits per heavy atom. The van der Waals surface area contributed by atoms with E-state index in [0.29, 0.717) is 6.54 Å². The lowest BCUT2D eigenvalue weighted by molar-refractivity contribution is -0.384. The molecule has 1 aliphatic rings. The Morgan fingerprint density at radius 1 is 1.60 bits per heavy atom. The topological polar surface area (TPSA) is 75.5 Å². The molecule has 1 amide bonds. The van der Waals surface area contributed by atoms with Crippen LogP contribution in [0.15, 0.2) is 18.2 Å². The molecule has 0 bridgehead atoms. The van der Waals surface area contributed by atoms with Crippen LogP contribution in [0.2, 0.25) is 5.02 Å². The zero-order valence-corrected chi connectivity index (χ0v) is 11.9. The Labute approximate surface area is 121 Å². The second-order valence-electron chi connectivity index (χ2n) is 4.90. The van der Waals surface area contributed by atoms with Crippen molar-refractivity contribution in [3.63, 3.8) is 0 Å². The molecule has 7 heteroatoms. The number of halogens is 1. The van der Waals surface area contributed by atoms with Gasteiger partial charge in [-0.25, -0.2) is 0 Å². The number of carbonyl (C=O) groups excluding carboxylic acids is 1. The van der Waals surface area contributed by atoms with E-state index in [1.165, 1.54) is 18.2 Å². The smallest absolute Gasteiger partial charge is 0.270 e. The third kappa shape index (κ3) is 3.26. The number of amides is 1. The number of nitrogens with one attached hydrogen (secondary N) is 1. The van der Waals surface area contributed by atoms with Gasteiger partial charge < -0.3 is 10.2 Å². The van der Waals surface area contributed by atoms with E-state index in [-0.39, 0.29) is 28.2 Å². The second-order valence-corrected chi connectivity index (χ2v) is 5.31. The van der Waals surface area contributed by atoms with Crippen molar-refractivity contribution in [2.24, 2.45) is 0 Å². The minimum absolute atomic E-state index is 0.134. The monoisotopic (exact) mass is 297 g/mol. The van der Waals surface area contributed by atoms with E-state index in [2.05, 4.69) is 5.32 Å². The molecule has 0 spiro atoms. The summed E-state index contributed by atoms with van der Waals surface area (Å²) in [5.74, 6) is -0.299. The highest BCUT2D eigenvalue weighted by molar-refractivity contribution is 6.33. The summed E-state index contributed by atoms with van der Waals surface area (Å²) in [5.41, 5.74) is 0.0338. The largest absolute Gasteiger partial charge is 0.340 e. The number of hydrogen-bond acceptors (Lipinski definition) is 4. The van der Waals surface area contributed by atoms with Crippen LogP contribution >= 0.6 is 11.6 Å². The highest BCUT2D eigenvalue weighted by Gasteiger charge is 2.22. The van der Waals surface area contributed by atoms with E-state index in [4.69, 9.17) is 11.6 Å². The summed E-state index contributed by atoms with van der Waals surface area (Å²) in [6.07, 6.45) is 2.13. The summed E-state index contributed by atoms with van der Waals surface area (Å²) in [6.45, 7) is 1.53. The number of nitrogens with zero attached hydrogens (tertiary/aromatic N) is 2. The van der Waals surface area contributed by atoms with E-state index in [1.807, 2.05) is 0 Å². The van der Waals surface area contributed by atoms with E-state index < -0.39 is 4.92 Å². The third-order valence-corrected chi connectivity index (χ3v) is 3.72. The number of hydrogen-bond donors (Lipinski definition) is 1. The van der Waals surface area contributed by atoms with Crippen molar-refractivity contribution < 1.29 is 9.72 Å². The Morgan fingerprint density at radius 3 is 2.95 bits per heavy atom. The fourth-order valence-electron chi connectivity index (χ4n) is 2.32. The summed E-state index contributed by atoms with van der Waals surface area (Å²) in [7, 11) is 1.68. The molecule has 0 aliphatic carbocycles. The lowest BCUT2D eigenvalue weighted by Crippen LogP contribution is -2.38. The molecule has 1 atom stereocenters. The minimum atomic E-state index is -0.536. The van der Waals surface area contributed by atoms with Crippen molar-refractivity contribution in [3.05, 3.63) is 38.9 Å². The van der Waals surface area contributed by atoms with E-state index in [1.54, 1.807) is 11.9 Å². The number of non-ortho nitro benzene ring substituents is 1. The van der Waals surface area contributed by atoms with Crippen LogP contribution in [0.5, 0.6) is 0 Å². The van der Waals surface area contributed by atoms with Gasteiger partial charge in [-0.3, -0.25) is 14.9 Å². The zero-order chi connectivity index (χ0) is 14.7. The minimum Gasteiger partial charge on any atom is -0.340 e. The molecule has 20 heavy (non-hydrogen) atoms. The quantitative estimate of drug-likeness (QED) is 0.682. The first-order chi connectivity index (χ1) is 9.49. The van der Waals surface area contributed by atoms with Crippen LogP contribution in [0.25, 0.3) is 0 Å². The van der Waals surface area contributed by atoms with Crippen LogP contribution in [0.4, 0.5) is 5.69 Å². The second kappa shape index (κ2) is 6.19. The first-order valence-electron chi connectivity index (χ1n) is 6.42. The van der Waals surface area contributed by atoms with Crippen LogP contribution in [0.1, 0.15) is 23.2 Å². The Kier molecular flexibility index (Phi) is 4.57. The fraction of sp³-hybridized carbons (Fsp3) is 0.462. The van der Waals surface area contributed by atoms with E-state index in [0.717, 1.165) is 19.4 Å². The average molecular weight is 298 g/mol. The standard InChI is InChI=1S/C13H16ClN3O3/c1-16(8-9-3-2-6-15-9)13(18)11-7-10(17(19)20)4-5-12(11)14/h4-5,7,9,15H,2-3,6,8H2,1H3. The van der Waals surface area contributed by atoms with Gasteiger partial charge in [0.2, 0.25) is 0 Å². The maximum Gasteiger partial charge on any atom is 0.270 e. The van der Waals surface area contributed by atoms with Gasteiger partial charge in [-0.2, -0.15) is 0 Å². The van der Waals surface area contributed by atoms with Crippen LogP contribution in [0, 0.1) is 10.1 Å². The van der Waals surface area contributed by atoms with E-state index in [9.17, 15) is 14.9 Å². The molecule has 0 aromatic heterocycles. The molecule has 0 saturated carbocycles. The SMILES string of the molecule is CN(CC1CCCN1)C(=O)c1cc([N+](=O)[O-])ccc1Cl. The molecule has 1 aromatic carbocycles. The molecule has 108 valence electrons. The van der Waals surface area contributed by atoms with Crippen LogP contribution in [-0.2, 0) is 0 Å². The van der Waals surface area contributed by atoms with Crippen molar-refractivity contribution in [3.8, 4) is 0 Å². The molecular weight excluding hydrogens is 282 g/mol. The van der Waals surface area contributed by atoms with Gasteiger partial charge in [0, 0.05) is 31.8 Å². The van der Waals surface area contributed by atoms with E-state index >= 15 is 0 Å². The maximum atomic E-state index is 12.3. The summed E-state index contributed by atoms with van der Waals surface area (Å²) in [4.78, 5) is 24.1. The first-order valence-corrected chi connectivity index (χ1v) is 6.79. The molecule has 2 rings (SSSR count). The number of rotatable bonds is 4.